The molecule has 2 amide bonds. The van der Waals surface area contributed by atoms with Gasteiger partial charge in [0.15, 0.2) is 0 Å². The lowest BCUT2D eigenvalue weighted by Crippen LogP contribution is -2.40. The molecule has 1 saturated carbocycles. The van der Waals surface area contributed by atoms with Crippen LogP contribution in [0.5, 0.6) is 5.75 Å². The Morgan fingerprint density at radius 1 is 1.26 bits per heavy atom. The molecule has 0 aliphatic heterocycles. The molecule has 3 N–H and O–H groups in total. The van der Waals surface area contributed by atoms with Crippen LogP contribution in [0.4, 0.5) is 19.3 Å². The van der Waals surface area contributed by atoms with Crippen LogP contribution in [0.15, 0.2) is 24.3 Å². The summed E-state index contributed by atoms with van der Waals surface area (Å²) in [7, 11) is 0. The topological polar surface area (TPSA) is 70.6 Å². The zero-order valence-corrected chi connectivity index (χ0v) is 12.8. The third-order valence-electron chi connectivity index (χ3n) is 3.94. The monoisotopic (exact) mass is 328 g/mol. The number of amides is 2. The SMILES string of the molecule is O=C(Nc1ccccc1OCC(F)F)NC1CCC(CO)CC1. The second-order valence-corrected chi connectivity index (χ2v) is 5.70. The van der Waals surface area contributed by atoms with Crippen LogP contribution < -0.4 is 15.4 Å². The largest absolute Gasteiger partial charge is 0.485 e. The number of rotatable bonds is 6. The van der Waals surface area contributed by atoms with Gasteiger partial charge in [0.2, 0.25) is 0 Å². The predicted molar refractivity (Wildman–Crippen MR) is 82.9 cm³/mol. The van der Waals surface area contributed by atoms with Gasteiger partial charge in [0.25, 0.3) is 6.43 Å². The quantitative estimate of drug-likeness (QED) is 0.752. The van der Waals surface area contributed by atoms with E-state index in [1.807, 2.05) is 0 Å². The Labute approximate surface area is 134 Å². The third-order valence-corrected chi connectivity index (χ3v) is 3.94. The maximum Gasteiger partial charge on any atom is 0.319 e. The molecule has 128 valence electrons. The minimum Gasteiger partial charge on any atom is -0.485 e. The molecule has 0 radical (unpaired) electrons. The lowest BCUT2D eigenvalue weighted by molar-refractivity contribution is 0.0823. The van der Waals surface area contributed by atoms with E-state index < -0.39 is 13.0 Å². The Morgan fingerprint density at radius 2 is 1.96 bits per heavy atom. The highest BCUT2D eigenvalue weighted by molar-refractivity contribution is 5.91. The standard InChI is InChI=1S/C16H22F2N2O3/c17-15(18)10-23-14-4-2-1-3-13(14)20-16(22)19-12-7-5-11(9-21)6-8-12/h1-4,11-12,15,21H,5-10H2,(H2,19,20,22). The number of hydrogen-bond acceptors (Lipinski definition) is 3. The summed E-state index contributed by atoms with van der Waals surface area (Å²) in [5.41, 5.74) is 0.356. The van der Waals surface area contributed by atoms with Crippen molar-refractivity contribution in [1.82, 2.24) is 5.32 Å². The van der Waals surface area contributed by atoms with Crippen molar-refractivity contribution in [3.8, 4) is 5.75 Å². The van der Waals surface area contributed by atoms with Crippen LogP contribution in [0, 0.1) is 5.92 Å². The number of alkyl halides is 2. The van der Waals surface area contributed by atoms with Crippen molar-refractivity contribution in [2.24, 2.45) is 5.92 Å². The van der Waals surface area contributed by atoms with Gasteiger partial charge in [-0.05, 0) is 43.7 Å². The highest BCUT2D eigenvalue weighted by atomic mass is 19.3. The second-order valence-electron chi connectivity index (χ2n) is 5.70. The highest BCUT2D eigenvalue weighted by Gasteiger charge is 2.22. The molecule has 5 nitrogen and oxygen atoms in total. The lowest BCUT2D eigenvalue weighted by Gasteiger charge is -2.28. The molecule has 0 atom stereocenters. The van der Waals surface area contributed by atoms with E-state index in [2.05, 4.69) is 10.6 Å². The van der Waals surface area contributed by atoms with E-state index in [0.29, 0.717) is 11.6 Å². The smallest absolute Gasteiger partial charge is 0.319 e. The summed E-state index contributed by atoms with van der Waals surface area (Å²) in [5, 5.41) is 14.6. The van der Waals surface area contributed by atoms with Crippen LogP contribution in [0.2, 0.25) is 0 Å². The Kier molecular flexibility index (Phi) is 6.58. The maximum absolute atomic E-state index is 12.2. The molecule has 23 heavy (non-hydrogen) atoms. The first kappa shape index (κ1) is 17.5. The van der Waals surface area contributed by atoms with Crippen molar-refractivity contribution < 1.29 is 23.4 Å². The van der Waals surface area contributed by atoms with Crippen molar-refractivity contribution in [2.75, 3.05) is 18.5 Å². The van der Waals surface area contributed by atoms with Gasteiger partial charge in [-0.1, -0.05) is 12.1 Å². The molecule has 1 aromatic carbocycles. The molecule has 0 unspecified atom stereocenters. The Morgan fingerprint density at radius 3 is 2.61 bits per heavy atom. The molecular weight excluding hydrogens is 306 g/mol. The Bertz CT molecular complexity index is 506. The van der Waals surface area contributed by atoms with Gasteiger partial charge in [0, 0.05) is 12.6 Å². The van der Waals surface area contributed by atoms with Gasteiger partial charge in [-0.25, -0.2) is 13.6 Å². The van der Waals surface area contributed by atoms with Crippen LogP contribution in [-0.2, 0) is 0 Å². The van der Waals surface area contributed by atoms with E-state index in [1.165, 1.54) is 6.07 Å². The van der Waals surface area contributed by atoms with Gasteiger partial charge in [-0.2, -0.15) is 0 Å². The predicted octanol–water partition coefficient (Wildman–Crippen LogP) is 3.00. The van der Waals surface area contributed by atoms with E-state index in [4.69, 9.17) is 9.84 Å². The number of urea groups is 1. The fraction of sp³-hybridized carbons (Fsp3) is 0.562. The number of halogens is 2. The minimum atomic E-state index is -2.57. The first-order valence-electron chi connectivity index (χ1n) is 7.77. The molecule has 7 heteroatoms. The zero-order chi connectivity index (χ0) is 16.7. The average molecular weight is 328 g/mol. The molecule has 0 bridgehead atoms. The number of nitrogens with one attached hydrogen (secondary N) is 2. The van der Waals surface area contributed by atoms with Crippen LogP contribution in [-0.4, -0.2) is 36.8 Å². The maximum atomic E-state index is 12.2. The van der Waals surface area contributed by atoms with Gasteiger partial charge in [0.05, 0.1) is 5.69 Å². The van der Waals surface area contributed by atoms with Crippen LogP contribution in [0.1, 0.15) is 25.7 Å². The number of para-hydroxylation sites is 2. The number of aliphatic hydroxyl groups excluding tert-OH is 1. The molecule has 1 aliphatic carbocycles. The first-order valence-corrected chi connectivity index (χ1v) is 7.77. The van der Waals surface area contributed by atoms with Crippen LogP contribution >= 0.6 is 0 Å². The number of ether oxygens (including phenoxy) is 1. The summed E-state index contributed by atoms with van der Waals surface area (Å²) in [6.07, 6.45) is 0.841. The summed E-state index contributed by atoms with van der Waals surface area (Å²) in [5.74, 6) is 0.534. The first-order chi connectivity index (χ1) is 11.1. The number of carbonyl (C=O) groups excluding carboxylic acids is 1. The number of hydrogen-bond donors (Lipinski definition) is 3. The lowest BCUT2D eigenvalue weighted by atomic mass is 9.87. The van der Waals surface area contributed by atoms with Crippen molar-refractivity contribution in [1.29, 1.82) is 0 Å². The minimum absolute atomic E-state index is 0.0620. The van der Waals surface area contributed by atoms with E-state index in [1.54, 1.807) is 18.2 Å². The molecule has 1 fully saturated rings. The number of aliphatic hydroxyl groups is 1. The summed E-state index contributed by atoms with van der Waals surface area (Å²) in [6.45, 7) is -0.529. The average Bonchev–Trinajstić information content (AvgIpc) is 2.54. The molecule has 0 heterocycles. The molecule has 0 saturated heterocycles. The molecule has 2 rings (SSSR count). The number of carbonyl (C=O) groups is 1. The Balaban J connectivity index is 1.85. The van der Waals surface area contributed by atoms with Gasteiger partial charge in [0.1, 0.15) is 12.4 Å². The summed E-state index contributed by atoms with van der Waals surface area (Å²) in [4.78, 5) is 12.0. The second kappa shape index (κ2) is 8.67. The number of anilines is 1. The number of benzene rings is 1. The summed E-state index contributed by atoms with van der Waals surface area (Å²) in [6, 6.07) is 6.16. The normalized spacial score (nSPS) is 21.0. The van der Waals surface area contributed by atoms with Crippen molar-refractivity contribution in [2.45, 2.75) is 38.2 Å². The van der Waals surface area contributed by atoms with E-state index in [9.17, 15) is 13.6 Å². The van der Waals surface area contributed by atoms with E-state index in [0.717, 1.165) is 25.7 Å². The molecular formula is C16H22F2N2O3. The van der Waals surface area contributed by atoms with Gasteiger partial charge in [-0.3, -0.25) is 0 Å². The van der Waals surface area contributed by atoms with Crippen molar-refractivity contribution in [3.63, 3.8) is 0 Å². The van der Waals surface area contributed by atoms with Gasteiger partial charge >= 0.3 is 6.03 Å². The van der Waals surface area contributed by atoms with Crippen molar-refractivity contribution >= 4 is 11.7 Å². The summed E-state index contributed by atoms with van der Waals surface area (Å²) < 4.78 is 29.5. The molecule has 1 aromatic rings. The highest BCUT2D eigenvalue weighted by Crippen LogP contribution is 2.25. The van der Waals surface area contributed by atoms with Crippen molar-refractivity contribution in [3.05, 3.63) is 24.3 Å². The zero-order valence-electron chi connectivity index (χ0n) is 12.8. The van der Waals surface area contributed by atoms with Gasteiger partial charge in [-0.15, -0.1) is 0 Å². The molecule has 1 aliphatic rings. The third kappa shape index (κ3) is 5.67. The van der Waals surface area contributed by atoms with E-state index >= 15 is 0 Å². The van der Waals surface area contributed by atoms with Gasteiger partial charge < -0.3 is 20.5 Å². The van der Waals surface area contributed by atoms with Crippen LogP contribution in [0.25, 0.3) is 0 Å². The fourth-order valence-corrected chi connectivity index (χ4v) is 2.68. The molecule has 0 spiro atoms. The molecule has 0 aromatic heterocycles. The van der Waals surface area contributed by atoms with Crippen LogP contribution in [0.3, 0.4) is 0 Å². The Hall–Kier alpha value is -1.89. The van der Waals surface area contributed by atoms with E-state index in [-0.39, 0.29) is 24.4 Å². The summed E-state index contributed by atoms with van der Waals surface area (Å²) >= 11 is 0. The fourth-order valence-electron chi connectivity index (χ4n) is 2.68.